The van der Waals surface area contributed by atoms with Gasteiger partial charge in [-0.05, 0) is 44.0 Å². The van der Waals surface area contributed by atoms with Crippen molar-refractivity contribution in [3.63, 3.8) is 0 Å². The zero-order valence-electron chi connectivity index (χ0n) is 17.7. The Morgan fingerprint density at radius 2 is 1.70 bits per heavy atom. The molecule has 0 saturated carbocycles. The van der Waals surface area contributed by atoms with Crippen LogP contribution in [0.2, 0.25) is 0 Å². The minimum Gasteiger partial charge on any atom is -0.354 e. The Kier molecular flexibility index (Phi) is 6.87. The summed E-state index contributed by atoms with van der Waals surface area (Å²) < 4.78 is 0. The van der Waals surface area contributed by atoms with Gasteiger partial charge in [0, 0.05) is 24.7 Å². The normalized spacial score (nSPS) is 17.1. The Morgan fingerprint density at radius 1 is 1.03 bits per heavy atom. The Labute approximate surface area is 177 Å². The van der Waals surface area contributed by atoms with E-state index in [4.69, 9.17) is 0 Å². The van der Waals surface area contributed by atoms with Gasteiger partial charge in [-0.15, -0.1) is 0 Å². The molecule has 158 valence electrons. The molecule has 30 heavy (non-hydrogen) atoms. The van der Waals surface area contributed by atoms with Crippen LogP contribution in [0.3, 0.4) is 0 Å². The van der Waals surface area contributed by atoms with Crippen LogP contribution in [0, 0.1) is 5.92 Å². The zero-order valence-corrected chi connectivity index (χ0v) is 17.7. The van der Waals surface area contributed by atoms with Gasteiger partial charge in [-0.2, -0.15) is 0 Å². The highest BCUT2D eigenvalue weighted by Crippen LogP contribution is 2.29. The first-order chi connectivity index (χ1) is 14.3. The zero-order chi connectivity index (χ0) is 21.7. The molecule has 2 aromatic rings. The fraction of sp³-hybridized carbons (Fsp3) is 0.375. The first-order valence-corrected chi connectivity index (χ1v) is 10.4. The van der Waals surface area contributed by atoms with Gasteiger partial charge in [0.25, 0.3) is 0 Å². The minimum atomic E-state index is -0.375. The van der Waals surface area contributed by atoms with E-state index in [0.717, 1.165) is 11.1 Å². The minimum absolute atomic E-state index is 0.00184. The second-order valence-corrected chi connectivity index (χ2v) is 8.12. The Hall–Kier alpha value is -3.15. The molecule has 0 aromatic heterocycles. The lowest BCUT2D eigenvalue weighted by molar-refractivity contribution is -0.129. The van der Waals surface area contributed by atoms with Crippen molar-refractivity contribution in [3.8, 4) is 0 Å². The summed E-state index contributed by atoms with van der Waals surface area (Å²) in [7, 11) is 0. The number of carbonyl (C=O) groups excluding carboxylic acids is 3. The number of carbonyl (C=O) groups is 3. The molecular formula is C24H29N3O3. The number of nitrogens with one attached hydrogen (secondary N) is 2. The average Bonchev–Trinajstić information content (AvgIpc) is 3.11. The fourth-order valence-corrected chi connectivity index (χ4v) is 3.70. The SMILES string of the molecule is CC(C)NC(=O)Cc1ccc(NC(=O)C2CC(=O)N(C(C)c3ccccc3)C2)cc1. The third kappa shape index (κ3) is 5.47. The van der Waals surface area contributed by atoms with Crippen molar-refractivity contribution in [2.75, 3.05) is 11.9 Å². The number of amides is 3. The third-order valence-electron chi connectivity index (χ3n) is 5.31. The van der Waals surface area contributed by atoms with E-state index in [9.17, 15) is 14.4 Å². The first-order valence-electron chi connectivity index (χ1n) is 10.4. The summed E-state index contributed by atoms with van der Waals surface area (Å²) in [6.07, 6.45) is 0.520. The monoisotopic (exact) mass is 407 g/mol. The van der Waals surface area contributed by atoms with Crippen molar-refractivity contribution in [3.05, 3.63) is 65.7 Å². The van der Waals surface area contributed by atoms with Crippen LogP contribution in [0.1, 0.15) is 44.4 Å². The molecule has 0 aliphatic carbocycles. The lowest BCUT2D eigenvalue weighted by Gasteiger charge is -2.25. The second-order valence-electron chi connectivity index (χ2n) is 8.12. The highest BCUT2D eigenvalue weighted by atomic mass is 16.2. The van der Waals surface area contributed by atoms with Gasteiger partial charge in [-0.25, -0.2) is 0 Å². The first kappa shape index (κ1) is 21.6. The van der Waals surface area contributed by atoms with E-state index in [0.29, 0.717) is 18.7 Å². The maximum absolute atomic E-state index is 12.7. The van der Waals surface area contributed by atoms with Crippen molar-refractivity contribution in [1.29, 1.82) is 0 Å². The van der Waals surface area contributed by atoms with Gasteiger partial charge in [0.2, 0.25) is 17.7 Å². The van der Waals surface area contributed by atoms with Crippen molar-refractivity contribution >= 4 is 23.4 Å². The molecule has 0 radical (unpaired) electrons. The molecule has 1 fully saturated rings. The molecule has 1 aliphatic rings. The maximum Gasteiger partial charge on any atom is 0.229 e. The van der Waals surface area contributed by atoms with Gasteiger partial charge >= 0.3 is 0 Å². The van der Waals surface area contributed by atoms with Crippen molar-refractivity contribution in [2.24, 2.45) is 5.92 Å². The molecule has 2 N–H and O–H groups in total. The Balaban J connectivity index is 1.56. The summed E-state index contributed by atoms with van der Waals surface area (Å²) in [5.74, 6) is -0.562. The molecular weight excluding hydrogens is 378 g/mol. The van der Waals surface area contributed by atoms with Crippen LogP contribution < -0.4 is 10.6 Å². The van der Waals surface area contributed by atoms with Crippen LogP contribution in [0.5, 0.6) is 0 Å². The fourth-order valence-electron chi connectivity index (χ4n) is 3.70. The van der Waals surface area contributed by atoms with Gasteiger partial charge < -0.3 is 15.5 Å². The number of anilines is 1. The van der Waals surface area contributed by atoms with Crippen LogP contribution in [-0.4, -0.2) is 35.2 Å². The Morgan fingerprint density at radius 3 is 2.33 bits per heavy atom. The molecule has 1 aliphatic heterocycles. The summed E-state index contributed by atoms with van der Waals surface area (Å²) in [6, 6.07) is 17.1. The van der Waals surface area contributed by atoms with E-state index in [1.165, 1.54) is 0 Å². The average molecular weight is 408 g/mol. The summed E-state index contributed by atoms with van der Waals surface area (Å²) in [4.78, 5) is 38.8. The molecule has 2 atom stereocenters. The molecule has 0 spiro atoms. The summed E-state index contributed by atoms with van der Waals surface area (Å²) in [5, 5.41) is 5.76. The van der Waals surface area contributed by atoms with Crippen LogP contribution in [-0.2, 0) is 20.8 Å². The van der Waals surface area contributed by atoms with Gasteiger partial charge in [0.1, 0.15) is 0 Å². The van der Waals surface area contributed by atoms with Gasteiger partial charge in [-0.3, -0.25) is 14.4 Å². The van der Waals surface area contributed by atoms with Crippen molar-refractivity contribution in [2.45, 2.75) is 45.7 Å². The molecule has 0 bridgehead atoms. The smallest absolute Gasteiger partial charge is 0.229 e. The topological polar surface area (TPSA) is 78.5 Å². The van der Waals surface area contributed by atoms with Gasteiger partial charge in [0.15, 0.2) is 0 Å². The number of rotatable bonds is 7. The number of likely N-dealkylation sites (tertiary alicyclic amines) is 1. The number of benzene rings is 2. The molecule has 6 nitrogen and oxygen atoms in total. The molecule has 2 aromatic carbocycles. The van der Waals surface area contributed by atoms with E-state index in [1.807, 2.05) is 63.2 Å². The maximum atomic E-state index is 12.7. The molecule has 1 saturated heterocycles. The largest absolute Gasteiger partial charge is 0.354 e. The number of hydrogen-bond donors (Lipinski definition) is 2. The van der Waals surface area contributed by atoms with E-state index in [1.54, 1.807) is 17.0 Å². The van der Waals surface area contributed by atoms with Crippen molar-refractivity contribution in [1.82, 2.24) is 10.2 Å². The lowest BCUT2D eigenvalue weighted by atomic mass is 10.1. The van der Waals surface area contributed by atoms with E-state index >= 15 is 0 Å². The standard InChI is InChI=1S/C24H29N3O3/c1-16(2)25-22(28)13-18-9-11-21(12-10-18)26-24(30)20-14-23(29)27(15-20)17(3)19-7-5-4-6-8-19/h4-12,16-17,20H,13-15H2,1-3H3,(H,25,28)(H,26,30). The van der Waals surface area contributed by atoms with E-state index < -0.39 is 0 Å². The number of hydrogen-bond acceptors (Lipinski definition) is 3. The summed E-state index contributed by atoms with van der Waals surface area (Å²) >= 11 is 0. The molecule has 2 unspecified atom stereocenters. The molecule has 6 heteroatoms. The molecule has 3 rings (SSSR count). The van der Waals surface area contributed by atoms with Crippen LogP contribution >= 0.6 is 0 Å². The van der Waals surface area contributed by atoms with Crippen LogP contribution in [0.15, 0.2) is 54.6 Å². The summed E-state index contributed by atoms with van der Waals surface area (Å²) in [6.45, 7) is 6.24. The quantitative estimate of drug-likeness (QED) is 0.739. The highest BCUT2D eigenvalue weighted by Gasteiger charge is 2.37. The predicted octanol–water partition coefficient (Wildman–Crippen LogP) is 3.30. The van der Waals surface area contributed by atoms with E-state index in [-0.39, 0.29) is 42.1 Å². The third-order valence-corrected chi connectivity index (χ3v) is 5.31. The van der Waals surface area contributed by atoms with E-state index in [2.05, 4.69) is 10.6 Å². The predicted molar refractivity (Wildman–Crippen MR) is 117 cm³/mol. The van der Waals surface area contributed by atoms with Gasteiger partial charge in [0.05, 0.1) is 18.4 Å². The number of nitrogens with zero attached hydrogens (tertiary/aromatic N) is 1. The van der Waals surface area contributed by atoms with Crippen LogP contribution in [0.25, 0.3) is 0 Å². The lowest BCUT2D eigenvalue weighted by Crippen LogP contribution is -2.31. The Bertz CT molecular complexity index is 894. The second kappa shape index (κ2) is 9.57. The molecule has 1 heterocycles. The van der Waals surface area contributed by atoms with Crippen molar-refractivity contribution < 1.29 is 14.4 Å². The van der Waals surface area contributed by atoms with Crippen LogP contribution in [0.4, 0.5) is 5.69 Å². The van der Waals surface area contributed by atoms with Gasteiger partial charge in [-0.1, -0.05) is 42.5 Å². The summed E-state index contributed by atoms with van der Waals surface area (Å²) in [5.41, 5.74) is 2.60. The molecule has 3 amide bonds. The highest BCUT2D eigenvalue weighted by molar-refractivity contribution is 5.97.